The van der Waals surface area contributed by atoms with Crippen molar-refractivity contribution < 1.29 is 14.1 Å². The van der Waals surface area contributed by atoms with Gasteiger partial charge in [-0.25, -0.2) is 0 Å². The Morgan fingerprint density at radius 3 is 2.41 bits per heavy atom. The van der Waals surface area contributed by atoms with Gasteiger partial charge in [0.15, 0.2) is 5.82 Å². The van der Waals surface area contributed by atoms with Crippen LogP contribution in [-0.4, -0.2) is 36.6 Å². The van der Waals surface area contributed by atoms with Gasteiger partial charge in [-0.1, -0.05) is 30.1 Å². The summed E-state index contributed by atoms with van der Waals surface area (Å²) < 4.78 is 4.84. The SMILES string of the molecule is Cc1cc(NC(=O)C(=O)NCCc2ccc(N3CCCCCC3)cc2)no1. The van der Waals surface area contributed by atoms with Gasteiger partial charge in [0.25, 0.3) is 0 Å². The van der Waals surface area contributed by atoms with Gasteiger partial charge in [-0.3, -0.25) is 14.9 Å². The molecule has 0 bridgehead atoms. The van der Waals surface area contributed by atoms with Gasteiger partial charge in [0.05, 0.1) is 0 Å². The molecule has 2 N–H and O–H groups in total. The van der Waals surface area contributed by atoms with Crippen molar-refractivity contribution in [2.45, 2.75) is 39.0 Å². The van der Waals surface area contributed by atoms with Crippen molar-refractivity contribution in [3.8, 4) is 0 Å². The van der Waals surface area contributed by atoms with Gasteiger partial charge in [0.1, 0.15) is 5.76 Å². The zero-order valence-corrected chi connectivity index (χ0v) is 15.7. The van der Waals surface area contributed by atoms with E-state index >= 15 is 0 Å². The fraction of sp³-hybridized carbons (Fsp3) is 0.450. The molecule has 7 nitrogen and oxygen atoms in total. The summed E-state index contributed by atoms with van der Waals surface area (Å²) in [4.78, 5) is 26.1. The quantitative estimate of drug-likeness (QED) is 0.790. The number of nitrogens with one attached hydrogen (secondary N) is 2. The van der Waals surface area contributed by atoms with Crippen LogP contribution in [0.1, 0.15) is 37.0 Å². The maximum absolute atomic E-state index is 11.8. The molecule has 2 amide bonds. The summed E-state index contributed by atoms with van der Waals surface area (Å²) >= 11 is 0. The molecule has 1 fully saturated rings. The Labute approximate surface area is 159 Å². The van der Waals surface area contributed by atoms with E-state index in [0.29, 0.717) is 18.7 Å². The van der Waals surface area contributed by atoms with E-state index in [0.717, 1.165) is 18.7 Å². The van der Waals surface area contributed by atoms with Crippen LogP contribution in [0, 0.1) is 6.92 Å². The number of nitrogens with zero attached hydrogens (tertiary/aromatic N) is 2. The highest BCUT2D eigenvalue weighted by Gasteiger charge is 2.15. The van der Waals surface area contributed by atoms with Crippen LogP contribution in [0.15, 0.2) is 34.9 Å². The molecule has 0 radical (unpaired) electrons. The number of carbonyl (C=O) groups excluding carboxylic acids is 2. The molecule has 1 aliphatic heterocycles. The maximum atomic E-state index is 11.8. The van der Waals surface area contributed by atoms with Crippen molar-refractivity contribution in [1.29, 1.82) is 0 Å². The molecule has 1 aliphatic rings. The van der Waals surface area contributed by atoms with Gasteiger partial charge in [-0.15, -0.1) is 0 Å². The summed E-state index contributed by atoms with van der Waals surface area (Å²) in [6.45, 7) is 4.35. The zero-order chi connectivity index (χ0) is 19.1. The van der Waals surface area contributed by atoms with Gasteiger partial charge < -0.3 is 14.7 Å². The predicted octanol–water partition coefficient (Wildman–Crippen LogP) is 2.66. The second-order valence-electron chi connectivity index (χ2n) is 6.85. The number of rotatable bonds is 5. The molecule has 3 rings (SSSR count). The average molecular weight is 370 g/mol. The van der Waals surface area contributed by atoms with Crippen LogP contribution < -0.4 is 15.5 Å². The first-order valence-corrected chi connectivity index (χ1v) is 9.48. The van der Waals surface area contributed by atoms with Gasteiger partial charge in [-0.05, 0) is 43.9 Å². The first kappa shape index (κ1) is 18.9. The number of carbonyl (C=O) groups is 2. The van der Waals surface area contributed by atoms with Crippen LogP contribution >= 0.6 is 0 Å². The number of benzene rings is 1. The van der Waals surface area contributed by atoms with Crippen LogP contribution in [0.2, 0.25) is 0 Å². The summed E-state index contributed by atoms with van der Waals surface area (Å²) in [5.41, 5.74) is 2.38. The van der Waals surface area contributed by atoms with Crippen molar-refractivity contribution in [3.63, 3.8) is 0 Å². The Morgan fingerprint density at radius 2 is 1.78 bits per heavy atom. The zero-order valence-electron chi connectivity index (χ0n) is 15.7. The van der Waals surface area contributed by atoms with E-state index < -0.39 is 11.8 Å². The van der Waals surface area contributed by atoms with E-state index in [1.54, 1.807) is 13.0 Å². The molecule has 27 heavy (non-hydrogen) atoms. The molecule has 0 atom stereocenters. The van der Waals surface area contributed by atoms with Crippen LogP contribution in [-0.2, 0) is 16.0 Å². The minimum atomic E-state index is -0.750. The average Bonchev–Trinajstić information content (AvgIpc) is 2.91. The van der Waals surface area contributed by atoms with E-state index in [-0.39, 0.29) is 5.82 Å². The number of anilines is 2. The third kappa shape index (κ3) is 5.57. The summed E-state index contributed by atoms with van der Waals surface area (Å²) in [7, 11) is 0. The van der Waals surface area contributed by atoms with Crippen LogP contribution in [0.3, 0.4) is 0 Å². The lowest BCUT2D eigenvalue weighted by atomic mass is 10.1. The van der Waals surface area contributed by atoms with Crippen molar-refractivity contribution in [2.24, 2.45) is 0 Å². The van der Waals surface area contributed by atoms with Crippen LogP contribution in [0.25, 0.3) is 0 Å². The molecule has 0 aliphatic carbocycles. The molecule has 1 saturated heterocycles. The highest BCUT2D eigenvalue weighted by molar-refractivity contribution is 6.39. The van der Waals surface area contributed by atoms with E-state index in [1.807, 2.05) is 0 Å². The molecular weight excluding hydrogens is 344 g/mol. The number of aryl methyl sites for hydroxylation is 1. The molecule has 7 heteroatoms. The van der Waals surface area contributed by atoms with Gasteiger partial charge in [0.2, 0.25) is 0 Å². The minimum absolute atomic E-state index is 0.233. The second-order valence-corrected chi connectivity index (χ2v) is 6.85. The summed E-state index contributed by atoms with van der Waals surface area (Å²) in [5, 5.41) is 8.65. The molecular formula is C20H26N4O3. The maximum Gasteiger partial charge on any atom is 0.314 e. The van der Waals surface area contributed by atoms with E-state index in [9.17, 15) is 9.59 Å². The van der Waals surface area contributed by atoms with Gasteiger partial charge in [-0.2, -0.15) is 0 Å². The monoisotopic (exact) mass is 370 g/mol. The number of hydrogen-bond acceptors (Lipinski definition) is 5. The van der Waals surface area contributed by atoms with Crippen molar-refractivity contribution >= 4 is 23.3 Å². The number of amides is 2. The lowest BCUT2D eigenvalue weighted by molar-refractivity contribution is -0.136. The summed E-state index contributed by atoms with van der Waals surface area (Å²) in [5.74, 6) is -0.636. The molecule has 0 unspecified atom stereocenters. The standard InChI is InChI=1S/C20H26N4O3/c1-15-14-18(23-27-15)22-20(26)19(25)21-11-10-16-6-8-17(9-7-16)24-12-4-2-3-5-13-24/h6-9,14H,2-5,10-13H2,1H3,(H,21,25)(H,22,23,26). The minimum Gasteiger partial charge on any atom is -0.372 e. The van der Waals surface area contributed by atoms with Crippen LogP contribution in [0.4, 0.5) is 11.5 Å². The molecule has 1 aromatic heterocycles. The topological polar surface area (TPSA) is 87.5 Å². The van der Waals surface area contributed by atoms with Crippen molar-refractivity contribution in [1.82, 2.24) is 10.5 Å². The largest absolute Gasteiger partial charge is 0.372 e. The Morgan fingerprint density at radius 1 is 1.07 bits per heavy atom. The predicted molar refractivity (Wildman–Crippen MR) is 104 cm³/mol. The third-order valence-corrected chi connectivity index (χ3v) is 4.68. The Balaban J connectivity index is 1.43. The molecule has 2 heterocycles. The van der Waals surface area contributed by atoms with Gasteiger partial charge >= 0.3 is 11.8 Å². The van der Waals surface area contributed by atoms with E-state index in [4.69, 9.17) is 4.52 Å². The van der Waals surface area contributed by atoms with E-state index in [2.05, 4.69) is 45.0 Å². The number of hydrogen-bond donors (Lipinski definition) is 2. The lowest BCUT2D eigenvalue weighted by Gasteiger charge is -2.22. The third-order valence-electron chi connectivity index (χ3n) is 4.68. The van der Waals surface area contributed by atoms with Crippen molar-refractivity contribution in [3.05, 3.63) is 41.7 Å². The first-order chi connectivity index (χ1) is 13.1. The first-order valence-electron chi connectivity index (χ1n) is 9.48. The highest BCUT2D eigenvalue weighted by Crippen LogP contribution is 2.20. The molecule has 0 spiro atoms. The Bertz CT molecular complexity index is 762. The fourth-order valence-electron chi connectivity index (χ4n) is 3.20. The van der Waals surface area contributed by atoms with Gasteiger partial charge in [0, 0.05) is 31.4 Å². The highest BCUT2D eigenvalue weighted by atomic mass is 16.5. The fourth-order valence-corrected chi connectivity index (χ4v) is 3.20. The molecule has 1 aromatic carbocycles. The molecule has 144 valence electrons. The Kier molecular flexibility index (Phi) is 6.46. The molecule has 2 aromatic rings. The number of aromatic nitrogens is 1. The van der Waals surface area contributed by atoms with E-state index in [1.165, 1.54) is 31.4 Å². The lowest BCUT2D eigenvalue weighted by Crippen LogP contribution is -2.36. The van der Waals surface area contributed by atoms with Crippen molar-refractivity contribution in [2.75, 3.05) is 29.9 Å². The Hall–Kier alpha value is -2.83. The normalized spacial score (nSPS) is 14.5. The van der Waals surface area contributed by atoms with Crippen LogP contribution in [0.5, 0.6) is 0 Å². The molecule has 0 saturated carbocycles. The second kappa shape index (κ2) is 9.21. The summed E-state index contributed by atoms with van der Waals surface area (Å²) in [6, 6.07) is 10.0. The summed E-state index contributed by atoms with van der Waals surface area (Å²) in [6.07, 6.45) is 5.81. The smallest absolute Gasteiger partial charge is 0.314 e.